The Morgan fingerprint density at radius 1 is 1.26 bits per heavy atom. The smallest absolute Gasteiger partial charge is 0.420 e. The lowest BCUT2D eigenvalue weighted by Gasteiger charge is -2.11. The number of hydrogen-bond acceptors (Lipinski definition) is 6. The number of carbonyl (C=O) groups excluding carboxylic acids is 2. The molecule has 0 unspecified atom stereocenters. The van der Waals surface area contributed by atoms with Crippen LogP contribution in [0.1, 0.15) is 33.6 Å². The fourth-order valence-corrected chi connectivity index (χ4v) is 4.74. The molecule has 3 aromatic rings. The molecule has 2 heterocycles. The molecule has 1 aliphatic rings. The van der Waals surface area contributed by atoms with Gasteiger partial charge in [-0.1, -0.05) is 12.1 Å². The number of benzene rings is 1. The van der Waals surface area contributed by atoms with Crippen LogP contribution in [0.5, 0.6) is 0 Å². The van der Waals surface area contributed by atoms with Gasteiger partial charge in [0.1, 0.15) is 11.5 Å². The summed E-state index contributed by atoms with van der Waals surface area (Å²) < 4.78 is 11.3. The summed E-state index contributed by atoms with van der Waals surface area (Å²) >= 11 is 1.41. The number of nitrogens with one attached hydrogen (secondary N) is 1. The van der Waals surface area contributed by atoms with Crippen LogP contribution in [-0.4, -0.2) is 23.6 Å². The van der Waals surface area contributed by atoms with Crippen LogP contribution in [0.3, 0.4) is 0 Å². The Morgan fingerprint density at radius 2 is 2.04 bits per heavy atom. The number of para-hydroxylation sites is 2. The van der Waals surface area contributed by atoms with Crippen molar-refractivity contribution in [3.8, 4) is 0 Å². The van der Waals surface area contributed by atoms with Gasteiger partial charge in [-0.3, -0.25) is 9.36 Å². The topological polar surface area (TPSA) is 90.5 Å². The van der Waals surface area contributed by atoms with Crippen LogP contribution in [0.25, 0.3) is 11.1 Å². The van der Waals surface area contributed by atoms with Crippen LogP contribution in [0.4, 0.5) is 5.00 Å². The molecule has 0 fully saturated rings. The highest BCUT2D eigenvalue weighted by molar-refractivity contribution is 7.17. The van der Waals surface area contributed by atoms with Gasteiger partial charge in [0, 0.05) is 4.88 Å². The molecule has 140 valence electrons. The lowest BCUT2D eigenvalue weighted by atomic mass is 9.95. The zero-order valence-electron chi connectivity index (χ0n) is 14.7. The number of oxazole rings is 1. The second-order valence-corrected chi connectivity index (χ2v) is 7.48. The highest BCUT2D eigenvalue weighted by Crippen LogP contribution is 2.38. The van der Waals surface area contributed by atoms with Crippen molar-refractivity contribution in [3.63, 3.8) is 0 Å². The molecule has 0 aliphatic heterocycles. The first-order chi connectivity index (χ1) is 13.1. The lowest BCUT2D eigenvalue weighted by Crippen LogP contribution is -2.25. The van der Waals surface area contributed by atoms with Crippen LogP contribution >= 0.6 is 11.3 Å². The normalized spacial score (nSPS) is 13.4. The Bertz CT molecular complexity index is 1090. The Kier molecular flexibility index (Phi) is 4.57. The Morgan fingerprint density at radius 3 is 2.85 bits per heavy atom. The molecule has 27 heavy (non-hydrogen) atoms. The number of esters is 1. The van der Waals surface area contributed by atoms with Crippen LogP contribution in [-0.2, 0) is 28.9 Å². The molecule has 0 saturated heterocycles. The zero-order chi connectivity index (χ0) is 19.0. The number of anilines is 1. The maximum atomic E-state index is 12.6. The van der Waals surface area contributed by atoms with Gasteiger partial charge in [0.15, 0.2) is 5.58 Å². The molecule has 0 radical (unpaired) electrons. The van der Waals surface area contributed by atoms with E-state index in [1.165, 1.54) is 23.0 Å². The molecule has 0 atom stereocenters. The third-order valence-electron chi connectivity index (χ3n) is 4.69. The summed E-state index contributed by atoms with van der Waals surface area (Å²) in [6, 6.07) is 6.92. The Labute approximate surface area is 158 Å². The number of rotatable bonds is 4. The van der Waals surface area contributed by atoms with Gasteiger partial charge in [0.05, 0.1) is 18.2 Å². The highest BCUT2D eigenvalue weighted by Gasteiger charge is 2.27. The average molecular weight is 386 g/mol. The van der Waals surface area contributed by atoms with Gasteiger partial charge in [-0.2, -0.15) is 0 Å². The van der Waals surface area contributed by atoms with Crippen molar-refractivity contribution in [3.05, 3.63) is 50.8 Å². The highest BCUT2D eigenvalue weighted by atomic mass is 32.1. The Hall–Kier alpha value is -2.87. The molecule has 0 spiro atoms. The third kappa shape index (κ3) is 3.16. The molecule has 1 aromatic carbocycles. The third-order valence-corrected chi connectivity index (χ3v) is 5.90. The molecule has 7 nitrogen and oxygen atoms in total. The molecule has 2 aromatic heterocycles. The number of methoxy groups -OCH3 is 1. The molecule has 0 bridgehead atoms. The molecule has 1 N–H and O–H groups in total. The maximum absolute atomic E-state index is 12.6. The number of nitrogens with zero attached hydrogens (tertiary/aromatic N) is 1. The summed E-state index contributed by atoms with van der Waals surface area (Å²) in [6.07, 6.45) is 3.78. The molecule has 0 saturated carbocycles. The molecular weight excluding hydrogens is 368 g/mol. The summed E-state index contributed by atoms with van der Waals surface area (Å²) in [5.74, 6) is -1.44. The molecule has 1 aliphatic carbocycles. The molecule has 8 heteroatoms. The number of amides is 1. The summed E-state index contributed by atoms with van der Waals surface area (Å²) in [4.78, 5) is 38.0. The second kappa shape index (κ2) is 7.03. The predicted molar refractivity (Wildman–Crippen MR) is 101 cm³/mol. The van der Waals surface area contributed by atoms with Gasteiger partial charge in [-0.15, -0.1) is 11.3 Å². The van der Waals surface area contributed by atoms with Crippen molar-refractivity contribution in [1.82, 2.24) is 4.57 Å². The van der Waals surface area contributed by atoms with Crippen molar-refractivity contribution >= 4 is 39.3 Å². The van der Waals surface area contributed by atoms with E-state index in [1.54, 1.807) is 24.3 Å². The van der Waals surface area contributed by atoms with Crippen molar-refractivity contribution in [2.24, 2.45) is 0 Å². The first-order valence-corrected chi connectivity index (χ1v) is 9.51. The number of fused-ring (bicyclic) bond motifs is 2. The fraction of sp³-hybridized carbons (Fsp3) is 0.316. The van der Waals surface area contributed by atoms with E-state index in [9.17, 15) is 14.4 Å². The largest absolute Gasteiger partial charge is 0.465 e. The maximum Gasteiger partial charge on any atom is 0.420 e. The first kappa shape index (κ1) is 17.5. The van der Waals surface area contributed by atoms with E-state index < -0.39 is 17.6 Å². The van der Waals surface area contributed by atoms with Gasteiger partial charge in [-0.05, 0) is 43.4 Å². The van der Waals surface area contributed by atoms with Crippen molar-refractivity contribution in [1.29, 1.82) is 0 Å². The standard InChI is InChI=1S/C19H18N2O5S/c1-25-18(23)16-11-6-2-5-9-14(11)27-17(16)20-15(22)10-21-12-7-3-4-8-13(12)26-19(21)24/h3-4,7-8H,2,5-6,9-10H2,1H3,(H,20,22). The first-order valence-electron chi connectivity index (χ1n) is 8.69. The SMILES string of the molecule is COC(=O)c1c(NC(=O)Cn2c(=O)oc3ccccc32)sc2c1CCCC2. The zero-order valence-corrected chi connectivity index (χ0v) is 15.6. The number of carbonyl (C=O) groups is 2. The van der Waals surface area contributed by atoms with E-state index in [0.717, 1.165) is 36.1 Å². The number of aryl methyl sites for hydroxylation is 1. The monoisotopic (exact) mass is 386 g/mol. The summed E-state index contributed by atoms with van der Waals surface area (Å²) in [7, 11) is 1.33. The number of hydrogen-bond donors (Lipinski definition) is 1. The summed E-state index contributed by atoms with van der Waals surface area (Å²) in [5.41, 5.74) is 2.39. The van der Waals surface area contributed by atoms with Crippen LogP contribution in [0, 0.1) is 0 Å². The summed E-state index contributed by atoms with van der Waals surface area (Å²) in [6.45, 7) is -0.195. The second-order valence-electron chi connectivity index (χ2n) is 6.38. The fourth-order valence-electron chi connectivity index (χ4n) is 3.45. The number of ether oxygens (including phenoxy) is 1. The van der Waals surface area contributed by atoms with E-state index in [4.69, 9.17) is 9.15 Å². The minimum atomic E-state index is -0.593. The van der Waals surface area contributed by atoms with Crippen molar-refractivity contribution in [2.75, 3.05) is 12.4 Å². The van der Waals surface area contributed by atoms with E-state index >= 15 is 0 Å². The van der Waals surface area contributed by atoms with E-state index in [0.29, 0.717) is 21.7 Å². The van der Waals surface area contributed by atoms with Gasteiger partial charge < -0.3 is 14.5 Å². The Balaban J connectivity index is 1.63. The van der Waals surface area contributed by atoms with E-state index in [-0.39, 0.29) is 6.54 Å². The average Bonchev–Trinajstić information content (AvgIpc) is 3.18. The minimum absolute atomic E-state index is 0.195. The lowest BCUT2D eigenvalue weighted by molar-refractivity contribution is -0.116. The minimum Gasteiger partial charge on any atom is -0.465 e. The number of aromatic nitrogens is 1. The van der Waals surface area contributed by atoms with E-state index in [2.05, 4.69) is 5.32 Å². The van der Waals surface area contributed by atoms with Crippen molar-refractivity contribution < 1.29 is 18.7 Å². The number of thiophene rings is 1. The predicted octanol–water partition coefficient (Wildman–Crippen LogP) is 2.96. The van der Waals surface area contributed by atoms with Gasteiger partial charge >= 0.3 is 11.7 Å². The van der Waals surface area contributed by atoms with Crippen molar-refractivity contribution in [2.45, 2.75) is 32.2 Å². The van der Waals surface area contributed by atoms with Crippen LogP contribution in [0.15, 0.2) is 33.5 Å². The summed E-state index contributed by atoms with van der Waals surface area (Å²) in [5, 5.41) is 3.28. The quantitative estimate of drug-likeness (QED) is 0.696. The van der Waals surface area contributed by atoms with Crippen LogP contribution in [0.2, 0.25) is 0 Å². The van der Waals surface area contributed by atoms with E-state index in [1.807, 2.05) is 0 Å². The van der Waals surface area contributed by atoms with Crippen LogP contribution < -0.4 is 11.1 Å². The van der Waals surface area contributed by atoms with Gasteiger partial charge in [0.25, 0.3) is 0 Å². The molecule has 1 amide bonds. The molecule has 4 rings (SSSR count). The van der Waals surface area contributed by atoms with Gasteiger partial charge in [-0.25, -0.2) is 9.59 Å². The van der Waals surface area contributed by atoms with Gasteiger partial charge in [0.2, 0.25) is 5.91 Å². The molecular formula is C19H18N2O5S.